The fourth-order valence-electron chi connectivity index (χ4n) is 2.88. The second kappa shape index (κ2) is 6.67. The number of nitrogens with one attached hydrogen (secondary N) is 1. The molecule has 1 aromatic carbocycles. The number of nitrogens with zero attached hydrogens (tertiary/aromatic N) is 2. The molecule has 1 saturated heterocycles. The van der Waals surface area contributed by atoms with Crippen LogP contribution in [0.15, 0.2) is 30.5 Å². The molecule has 1 aliphatic rings. The standard InChI is InChI=1S/C20H28BN3O2/c1-13(2)17-8-9-22-18(24-17)23-16-11-14(3)10-15(12-16)21-25-19(4,5)20(6,7)26-21/h8-13H,1-7H3,(H,22,23,24). The Morgan fingerprint density at radius 3 is 2.31 bits per heavy atom. The summed E-state index contributed by atoms with van der Waals surface area (Å²) >= 11 is 0. The minimum Gasteiger partial charge on any atom is -0.399 e. The van der Waals surface area contributed by atoms with Crippen molar-refractivity contribution < 1.29 is 9.31 Å². The summed E-state index contributed by atoms with van der Waals surface area (Å²) in [6.45, 7) is 14.6. The fourth-order valence-corrected chi connectivity index (χ4v) is 2.88. The maximum atomic E-state index is 6.18. The Bertz CT molecular complexity index is 789. The third-order valence-electron chi connectivity index (χ3n) is 5.15. The molecule has 0 atom stereocenters. The van der Waals surface area contributed by atoms with Crippen LogP contribution in [0.3, 0.4) is 0 Å². The molecule has 0 spiro atoms. The lowest BCUT2D eigenvalue weighted by atomic mass is 9.78. The molecule has 1 fully saturated rings. The molecular formula is C20H28BN3O2. The number of hydrogen-bond acceptors (Lipinski definition) is 5. The Kier molecular flexibility index (Phi) is 4.84. The Morgan fingerprint density at radius 1 is 1.04 bits per heavy atom. The molecule has 2 aromatic rings. The van der Waals surface area contributed by atoms with Crippen molar-refractivity contribution in [1.82, 2.24) is 9.97 Å². The maximum absolute atomic E-state index is 6.18. The van der Waals surface area contributed by atoms with Gasteiger partial charge < -0.3 is 14.6 Å². The SMILES string of the molecule is Cc1cc(Nc2nccc(C(C)C)n2)cc(B2OC(C)(C)C(C)(C)O2)c1. The average Bonchev–Trinajstić information content (AvgIpc) is 2.75. The zero-order valence-electron chi connectivity index (χ0n) is 16.8. The van der Waals surface area contributed by atoms with E-state index in [0.717, 1.165) is 22.4 Å². The molecule has 0 amide bonds. The Balaban J connectivity index is 1.86. The van der Waals surface area contributed by atoms with Crippen molar-refractivity contribution in [2.24, 2.45) is 0 Å². The summed E-state index contributed by atoms with van der Waals surface area (Å²) < 4.78 is 12.4. The molecular weight excluding hydrogens is 325 g/mol. The van der Waals surface area contributed by atoms with Gasteiger partial charge in [-0.1, -0.05) is 19.9 Å². The number of anilines is 2. The predicted molar refractivity (Wildman–Crippen MR) is 106 cm³/mol. The van der Waals surface area contributed by atoms with Crippen molar-refractivity contribution >= 4 is 24.2 Å². The molecule has 0 saturated carbocycles. The Morgan fingerprint density at radius 2 is 1.69 bits per heavy atom. The normalized spacial score (nSPS) is 18.4. The van der Waals surface area contributed by atoms with Gasteiger partial charge in [0, 0.05) is 17.6 Å². The Hall–Kier alpha value is -1.92. The highest BCUT2D eigenvalue weighted by atomic mass is 16.7. The van der Waals surface area contributed by atoms with Crippen LogP contribution in [0.5, 0.6) is 0 Å². The first-order chi connectivity index (χ1) is 12.1. The topological polar surface area (TPSA) is 56.3 Å². The van der Waals surface area contributed by atoms with Gasteiger partial charge >= 0.3 is 7.12 Å². The molecule has 5 nitrogen and oxygen atoms in total. The lowest BCUT2D eigenvalue weighted by molar-refractivity contribution is 0.00578. The monoisotopic (exact) mass is 353 g/mol. The highest BCUT2D eigenvalue weighted by Gasteiger charge is 2.51. The van der Waals surface area contributed by atoms with Gasteiger partial charge in [-0.25, -0.2) is 9.97 Å². The summed E-state index contributed by atoms with van der Waals surface area (Å²) in [5.74, 6) is 0.957. The molecule has 1 aromatic heterocycles. The Labute approximate surface area is 156 Å². The molecule has 0 bridgehead atoms. The molecule has 1 aliphatic heterocycles. The van der Waals surface area contributed by atoms with Crippen LogP contribution in [0.4, 0.5) is 11.6 Å². The molecule has 0 radical (unpaired) electrons. The molecule has 1 N–H and O–H groups in total. The van der Waals surface area contributed by atoms with Crippen LogP contribution < -0.4 is 10.8 Å². The number of aryl methyl sites for hydroxylation is 1. The van der Waals surface area contributed by atoms with Gasteiger partial charge in [0.2, 0.25) is 5.95 Å². The van der Waals surface area contributed by atoms with Crippen LogP contribution in [0, 0.1) is 6.92 Å². The van der Waals surface area contributed by atoms with Gasteiger partial charge in [0.25, 0.3) is 0 Å². The van der Waals surface area contributed by atoms with Crippen LogP contribution >= 0.6 is 0 Å². The van der Waals surface area contributed by atoms with E-state index in [-0.39, 0.29) is 18.3 Å². The van der Waals surface area contributed by atoms with E-state index in [1.165, 1.54) is 0 Å². The van der Waals surface area contributed by atoms with E-state index in [1.54, 1.807) is 6.20 Å². The number of aromatic nitrogens is 2. The third kappa shape index (κ3) is 3.76. The van der Waals surface area contributed by atoms with Crippen molar-refractivity contribution in [3.8, 4) is 0 Å². The van der Waals surface area contributed by atoms with Crippen molar-refractivity contribution in [1.29, 1.82) is 0 Å². The number of rotatable bonds is 4. The third-order valence-corrected chi connectivity index (χ3v) is 5.15. The van der Waals surface area contributed by atoms with Crippen LogP contribution in [0.1, 0.15) is 58.7 Å². The van der Waals surface area contributed by atoms with E-state index in [0.29, 0.717) is 11.9 Å². The zero-order chi connectivity index (χ0) is 19.1. The smallest absolute Gasteiger partial charge is 0.399 e. The molecule has 138 valence electrons. The van der Waals surface area contributed by atoms with E-state index in [4.69, 9.17) is 9.31 Å². The van der Waals surface area contributed by atoms with Crippen LogP contribution in [-0.4, -0.2) is 28.3 Å². The molecule has 2 heterocycles. The van der Waals surface area contributed by atoms with E-state index in [1.807, 2.05) is 12.1 Å². The molecule has 0 aliphatic carbocycles. The van der Waals surface area contributed by atoms with E-state index < -0.39 is 0 Å². The average molecular weight is 353 g/mol. The second-order valence-corrected chi connectivity index (χ2v) is 8.31. The maximum Gasteiger partial charge on any atom is 0.494 e. The lowest BCUT2D eigenvalue weighted by Gasteiger charge is -2.32. The van der Waals surface area contributed by atoms with Crippen molar-refractivity contribution in [3.63, 3.8) is 0 Å². The molecule has 6 heteroatoms. The van der Waals surface area contributed by atoms with E-state index in [2.05, 4.69) is 75.9 Å². The summed E-state index contributed by atoms with van der Waals surface area (Å²) in [5.41, 5.74) is 3.34. The molecule has 0 unspecified atom stereocenters. The summed E-state index contributed by atoms with van der Waals surface area (Å²) in [5, 5.41) is 3.31. The van der Waals surface area contributed by atoms with Gasteiger partial charge in [0.05, 0.1) is 11.2 Å². The van der Waals surface area contributed by atoms with Gasteiger partial charge in [0.15, 0.2) is 0 Å². The summed E-state index contributed by atoms with van der Waals surface area (Å²) in [6, 6.07) is 8.15. The van der Waals surface area contributed by atoms with Crippen molar-refractivity contribution in [2.45, 2.75) is 65.6 Å². The van der Waals surface area contributed by atoms with Crippen molar-refractivity contribution in [2.75, 3.05) is 5.32 Å². The van der Waals surface area contributed by atoms with E-state index >= 15 is 0 Å². The van der Waals surface area contributed by atoms with Gasteiger partial charge in [-0.2, -0.15) is 0 Å². The minimum absolute atomic E-state index is 0.357. The first-order valence-electron chi connectivity index (χ1n) is 9.14. The number of hydrogen-bond donors (Lipinski definition) is 1. The number of benzene rings is 1. The van der Waals surface area contributed by atoms with Crippen LogP contribution in [0.25, 0.3) is 0 Å². The van der Waals surface area contributed by atoms with Crippen LogP contribution in [-0.2, 0) is 9.31 Å². The zero-order valence-corrected chi connectivity index (χ0v) is 16.8. The van der Waals surface area contributed by atoms with Gasteiger partial charge in [-0.05, 0) is 69.8 Å². The summed E-state index contributed by atoms with van der Waals surface area (Å²) in [7, 11) is -0.386. The van der Waals surface area contributed by atoms with Gasteiger partial charge in [0.1, 0.15) is 0 Å². The van der Waals surface area contributed by atoms with Crippen LogP contribution in [0.2, 0.25) is 0 Å². The highest BCUT2D eigenvalue weighted by Crippen LogP contribution is 2.36. The summed E-state index contributed by atoms with van der Waals surface area (Å²) in [4.78, 5) is 8.92. The molecule has 3 rings (SSSR count). The lowest BCUT2D eigenvalue weighted by Crippen LogP contribution is -2.41. The molecule has 26 heavy (non-hydrogen) atoms. The predicted octanol–water partition coefficient (Wildman–Crippen LogP) is 3.95. The highest BCUT2D eigenvalue weighted by molar-refractivity contribution is 6.62. The first-order valence-corrected chi connectivity index (χ1v) is 9.14. The second-order valence-electron chi connectivity index (χ2n) is 8.31. The van der Waals surface area contributed by atoms with Gasteiger partial charge in [-0.15, -0.1) is 0 Å². The minimum atomic E-state index is -0.386. The fraction of sp³-hybridized carbons (Fsp3) is 0.500. The van der Waals surface area contributed by atoms with Gasteiger partial charge in [-0.3, -0.25) is 0 Å². The quantitative estimate of drug-likeness (QED) is 0.844. The first kappa shape index (κ1) is 18.9. The largest absolute Gasteiger partial charge is 0.494 e. The summed E-state index contributed by atoms with van der Waals surface area (Å²) in [6.07, 6.45) is 1.79. The van der Waals surface area contributed by atoms with E-state index in [9.17, 15) is 0 Å². The van der Waals surface area contributed by atoms with Crippen molar-refractivity contribution in [3.05, 3.63) is 41.7 Å².